The van der Waals surface area contributed by atoms with E-state index < -0.39 is 0 Å². The Morgan fingerprint density at radius 1 is 1.19 bits per heavy atom. The maximum Gasteiger partial charge on any atom is 0.00188 e. The molecule has 0 aliphatic carbocycles. The molecule has 1 rings (SSSR count). The van der Waals surface area contributed by atoms with E-state index in [1.807, 2.05) is 0 Å². The van der Waals surface area contributed by atoms with Gasteiger partial charge >= 0.3 is 0 Å². The van der Waals surface area contributed by atoms with Gasteiger partial charge in [-0.3, -0.25) is 0 Å². The Labute approximate surface area is 99.5 Å². The van der Waals surface area contributed by atoms with E-state index >= 15 is 0 Å². The average Bonchev–Trinajstić information content (AvgIpc) is 2.27. The summed E-state index contributed by atoms with van der Waals surface area (Å²) in [7, 11) is 2.18. The molecule has 1 aromatic carbocycles. The summed E-state index contributed by atoms with van der Waals surface area (Å²) in [5.74, 6) is 0. The molecule has 0 saturated heterocycles. The number of likely N-dealkylation sites (N-methyl/N-ethyl adjacent to an activating group) is 1. The second kappa shape index (κ2) is 7.42. The highest BCUT2D eigenvalue weighted by Gasteiger charge is 2.00. The molecule has 0 aliphatic heterocycles. The zero-order chi connectivity index (χ0) is 11.8. The Balaban J connectivity index is 2.13. The summed E-state index contributed by atoms with van der Waals surface area (Å²) in [6.07, 6.45) is 3.45. The predicted molar refractivity (Wildman–Crippen MR) is 70.5 cm³/mol. The van der Waals surface area contributed by atoms with Crippen molar-refractivity contribution >= 4 is 0 Å². The Kier molecular flexibility index (Phi) is 6.12. The van der Waals surface area contributed by atoms with Crippen molar-refractivity contribution in [3.8, 4) is 0 Å². The molecule has 0 aliphatic rings. The Bertz CT molecular complexity index is 269. The highest BCUT2D eigenvalue weighted by atomic mass is 15.1. The van der Waals surface area contributed by atoms with Gasteiger partial charge in [-0.25, -0.2) is 0 Å². The van der Waals surface area contributed by atoms with Crippen LogP contribution in [0, 0.1) is 0 Å². The third-order valence-electron chi connectivity index (χ3n) is 2.82. The minimum Gasteiger partial charge on any atom is -0.328 e. The van der Waals surface area contributed by atoms with Crippen molar-refractivity contribution in [3.63, 3.8) is 0 Å². The van der Waals surface area contributed by atoms with Gasteiger partial charge in [0.05, 0.1) is 0 Å². The third kappa shape index (κ3) is 5.89. The lowest BCUT2D eigenvalue weighted by molar-refractivity contribution is 0.326. The summed E-state index contributed by atoms with van der Waals surface area (Å²) in [6, 6.07) is 11.0. The molecule has 0 spiro atoms. The average molecular weight is 220 g/mol. The number of benzene rings is 1. The zero-order valence-electron chi connectivity index (χ0n) is 10.5. The van der Waals surface area contributed by atoms with Crippen LogP contribution in [0.25, 0.3) is 0 Å². The summed E-state index contributed by atoms with van der Waals surface area (Å²) in [5.41, 5.74) is 7.14. The minimum absolute atomic E-state index is 0.336. The molecule has 0 heterocycles. The lowest BCUT2D eigenvalue weighted by Gasteiger charge is -2.17. The lowest BCUT2D eigenvalue weighted by atomic mass is 10.1. The fourth-order valence-electron chi connectivity index (χ4n) is 1.76. The van der Waals surface area contributed by atoms with Gasteiger partial charge in [0.15, 0.2) is 0 Å². The van der Waals surface area contributed by atoms with E-state index in [-0.39, 0.29) is 0 Å². The second-order valence-corrected chi connectivity index (χ2v) is 4.66. The SMILES string of the molecule is CC(N)CCCN(C)CCc1ccccc1. The molecule has 16 heavy (non-hydrogen) atoms. The van der Waals surface area contributed by atoms with Crippen LogP contribution in [0.2, 0.25) is 0 Å². The van der Waals surface area contributed by atoms with Crippen LogP contribution in [0.4, 0.5) is 0 Å². The van der Waals surface area contributed by atoms with E-state index in [0.29, 0.717) is 6.04 Å². The van der Waals surface area contributed by atoms with Crippen molar-refractivity contribution in [3.05, 3.63) is 35.9 Å². The third-order valence-corrected chi connectivity index (χ3v) is 2.82. The van der Waals surface area contributed by atoms with Crippen molar-refractivity contribution in [2.45, 2.75) is 32.2 Å². The number of nitrogens with zero attached hydrogens (tertiary/aromatic N) is 1. The Morgan fingerprint density at radius 2 is 1.88 bits per heavy atom. The van der Waals surface area contributed by atoms with Gasteiger partial charge in [0.2, 0.25) is 0 Å². The van der Waals surface area contributed by atoms with Gasteiger partial charge < -0.3 is 10.6 Å². The molecule has 0 bridgehead atoms. The maximum absolute atomic E-state index is 5.73. The van der Waals surface area contributed by atoms with Crippen LogP contribution in [0.5, 0.6) is 0 Å². The molecule has 90 valence electrons. The lowest BCUT2D eigenvalue weighted by Crippen LogP contribution is -2.24. The number of hydrogen-bond acceptors (Lipinski definition) is 2. The van der Waals surface area contributed by atoms with Gasteiger partial charge in [-0.2, -0.15) is 0 Å². The summed E-state index contributed by atoms with van der Waals surface area (Å²) < 4.78 is 0. The number of hydrogen-bond donors (Lipinski definition) is 1. The molecule has 1 aromatic rings. The molecule has 1 atom stereocenters. The maximum atomic E-state index is 5.73. The largest absolute Gasteiger partial charge is 0.328 e. The van der Waals surface area contributed by atoms with Crippen molar-refractivity contribution in [2.24, 2.45) is 5.73 Å². The molecular formula is C14H24N2. The summed E-state index contributed by atoms with van der Waals surface area (Å²) in [6.45, 7) is 4.35. The van der Waals surface area contributed by atoms with Crippen LogP contribution >= 0.6 is 0 Å². The monoisotopic (exact) mass is 220 g/mol. The fourth-order valence-corrected chi connectivity index (χ4v) is 1.76. The van der Waals surface area contributed by atoms with E-state index in [2.05, 4.69) is 49.2 Å². The van der Waals surface area contributed by atoms with E-state index in [1.165, 1.54) is 12.0 Å². The molecule has 0 aromatic heterocycles. The molecule has 2 heteroatoms. The van der Waals surface area contributed by atoms with Crippen LogP contribution in [0.1, 0.15) is 25.3 Å². The van der Waals surface area contributed by atoms with Crippen molar-refractivity contribution in [1.82, 2.24) is 4.90 Å². The molecule has 0 amide bonds. The molecule has 0 fully saturated rings. The molecule has 2 nitrogen and oxygen atoms in total. The van der Waals surface area contributed by atoms with Crippen molar-refractivity contribution in [2.75, 3.05) is 20.1 Å². The quantitative estimate of drug-likeness (QED) is 0.764. The first-order chi connectivity index (χ1) is 7.68. The number of rotatable bonds is 7. The van der Waals surface area contributed by atoms with Gasteiger partial charge in [0.1, 0.15) is 0 Å². The van der Waals surface area contributed by atoms with E-state index in [9.17, 15) is 0 Å². The zero-order valence-corrected chi connectivity index (χ0v) is 10.5. The number of nitrogens with two attached hydrogens (primary N) is 1. The standard InChI is InChI=1S/C14H24N2/c1-13(15)7-6-11-16(2)12-10-14-8-4-3-5-9-14/h3-5,8-9,13H,6-7,10-12,15H2,1-2H3. The Hall–Kier alpha value is -0.860. The normalized spacial score (nSPS) is 13.0. The molecule has 0 radical (unpaired) electrons. The van der Waals surface area contributed by atoms with Gasteiger partial charge in [0, 0.05) is 12.6 Å². The van der Waals surface area contributed by atoms with Crippen LogP contribution < -0.4 is 5.73 Å². The highest BCUT2D eigenvalue weighted by molar-refractivity contribution is 5.14. The smallest absolute Gasteiger partial charge is 0.00188 e. The van der Waals surface area contributed by atoms with Gasteiger partial charge in [0.25, 0.3) is 0 Å². The van der Waals surface area contributed by atoms with Gasteiger partial charge in [-0.1, -0.05) is 30.3 Å². The van der Waals surface area contributed by atoms with Crippen molar-refractivity contribution < 1.29 is 0 Å². The van der Waals surface area contributed by atoms with Crippen LogP contribution in [-0.2, 0) is 6.42 Å². The first-order valence-corrected chi connectivity index (χ1v) is 6.16. The van der Waals surface area contributed by atoms with Crippen molar-refractivity contribution in [1.29, 1.82) is 0 Å². The van der Waals surface area contributed by atoms with E-state index in [0.717, 1.165) is 25.9 Å². The summed E-state index contributed by atoms with van der Waals surface area (Å²) >= 11 is 0. The first-order valence-electron chi connectivity index (χ1n) is 6.16. The Morgan fingerprint density at radius 3 is 2.50 bits per heavy atom. The van der Waals surface area contributed by atoms with Crippen LogP contribution in [0.3, 0.4) is 0 Å². The summed E-state index contributed by atoms with van der Waals surface area (Å²) in [4.78, 5) is 2.38. The van der Waals surface area contributed by atoms with E-state index in [1.54, 1.807) is 0 Å². The minimum atomic E-state index is 0.336. The fraction of sp³-hybridized carbons (Fsp3) is 0.571. The van der Waals surface area contributed by atoms with Gasteiger partial charge in [-0.15, -0.1) is 0 Å². The van der Waals surface area contributed by atoms with Crippen LogP contribution in [-0.4, -0.2) is 31.1 Å². The second-order valence-electron chi connectivity index (χ2n) is 4.66. The molecule has 1 unspecified atom stereocenters. The van der Waals surface area contributed by atoms with Gasteiger partial charge in [-0.05, 0) is 45.3 Å². The summed E-state index contributed by atoms with van der Waals surface area (Å²) in [5, 5.41) is 0. The first kappa shape index (κ1) is 13.2. The highest BCUT2D eigenvalue weighted by Crippen LogP contribution is 2.02. The molecule has 2 N–H and O–H groups in total. The molecular weight excluding hydrogens is 196 g/mol. The van der Waals surface area contributed by atoms with Crippen LogP contribution in [0.15, 0.2) is 30.3 Å². The molecule has 0 saturated carbocycles. The topological polar surface area (TPSA) is 29.3 Å². The van der Waals surface area contributed by atoms with E-state index in [4.69, 9.17) is 5.73 Å². The predicted octanol–water partition coefficient (Wildman–Crippen LogP) is 2.29.